The zero-order chi connectivity index (χ0) is 39.7. The first kappa shape index (κ1) is 20.0. The van der Waals surface area contributed by atoms with Gasteiger partial charge in [-0.1, -0.05) is 170 Å². The molecule has 0 radical (unpaired) electrons. The molecule has 0 aliphatic rings. The zero-order valence-corrected chi connectivity index (χ0v) is 25.5. The van der Waals surface area contributed by atoms with Crippen molar-refractivity contribution in [1.82, 2.24) is 9.97 Å². The van der Waals surface area contributed by atoms with Gasteiger partial charge in [-0.2, -0.15) is 0 Å². The number of hydrogen-bond donors (Lipinski definition) is 0. The fourth-order valence-corrected chi connectivity index (χ4v) is 6.32. The second kappa shape index (κ2) is 11.8. The molecular formula is C46H30N2. The summed E-state index contributed by atoms with van der Waals surface area (Å²) in [6, 6.07) is 37.1. The molecule has 0 unspecified atom stereocenters. The lowest BCUT2D eigenvalue weighted by Crippen LogP contribution is -1.96. The van der Waals surface area contributed by atoms with E-state index in [-0.39, 0.29) is 16.8 Å². The van der Waals surface area contributed by atoms with Crippen LogP contribution < -0.4 is 0 Å². The van der Waals surface area contributed by atoms with Crippen LogP contribution in [0.5, 0.6) is 0 Å². The van der Waals surface area contributed by atoms with Gasteiger partial charge in [-0.15, -0.1) is 0 Å². The molecular weight excluding hydrogens is 581 g/mol. The van der Waals surface area contributed by atoms with E-state index in [1.54, 1.807) is 6.07 Å². The first-order chi connectivity index (χ1) is 27.5. The summed E-state index contributed by atoms with van der Waals surface area (Å²) in [4.78, 5) is 9.68. The molecule has 0 bridgehead atoms. The van der Waals surface area contributed by atoms with Crippen LogP contribution in [0.2, 0.25) is 0 Å². The summed E-state index contributed by atoms with van der Waals surface area (Å²) in [5.74, 6) is 0.311. The molecule has 0 saturated heterocycles. The van der Waals surface area contributed by atoms with Crippen molar-refractivity contribution in [2.24, 2.45) is 0 Å². The third-order valence-electron chi connectivity index (χ3n) is 8.63. The van der Waals surface area contributed by atoms with Crippen LogP contribution in [0.3, 0.4) is 0 Å². The van der Waals surface area contributed by atoms with Gasteiger partial charge in [0.1, 0.15) is 0 Å². The van der Waals surface area contributed by atoms with Crippen LogP contribution in [-0.4, -0.2) is 9.97 Å². The summed E-state index contributed by atoms with van der Waals surface area (Å²) >= 11 is 0. The van der Waals surface area contributed by atoms with Gasteiger partial charge in [0.05, 0.1) is 23.7 Å². The molecule has 224 valence electrons. The van der Waals surface area contributed by atoms with Crippen LogP contribution in [-0.2, 0) is 0 Å². The normalized spacial score (nSPS) is 14.0. The second-order valence-electron chi connectivity index (χ2n) is 11.5. The van der Waals surface area contributed by atoms with Gasteiger partial charge in [-0.25, -0.2) is 9.97 Å². The topological polar surface area (TPSA) is 25.8 Å². The number of nitrogens with zero attached hydrogens (tertiary/aromatic N) is 2. The summed E-state index contributed by atoms with van der Waals surface area (Å²) in [7, 11) is 0. The van der Waals surface area contributed by atoms with E-state index in [0.717, 1.165) is 38.2 Å². The molecule has 1 heterocycles. The van der Waals surface area contributed by atoms with Crippen molar-refractivity contribution < 1.29 is 12.3 Å². The Kier molecular flexibility index (Phi) is 4.90. The maximum absolute atomic E-state index is 9.10. The number of rotatable bonds is 5. The summed E-state index contributed by atoms with van der Waals surface area (Å²) in [5, 5.41) is 6.89. The van der Waals surface area contributed by atoms with Crippen LogP contribution >= 0.6 is 0 Å². The maximum atomic E-state index is 9.10. The summed E-state index contributed by atoms with van der Waals surface area (Å²) in [5.41, 5.74) is 3.28. The van der Waals surface area contributed by atoms with Gasteiger partial charge in [-0.05, 0) is 66.7 Å². The van der Waals surface area contributed by atoms with Gasteiger partial charge in [0.15, 0.2) is 5.82 Å². The SMILES string of the molecule is [2H]c1c([2H])c([2H])c(-c2c([2H])c([2H])c(-c3cc(-c4ccc(-c5c6ccccc6cc6c5ccc5ccccc56)cc4)nc(-c4ccccc4)n3)c([2H])c2[2H])c([2H])c1[2H]. The lowest BCUT2D eigenvalue weighted by atomic mass is 9.89. The van der Waals surface area contributed by atoms with Crippen molar-refractivity contribution in [3.8, 4) is 56.2 Å². The predicted octanol–water partition coefficient (Wildman–Crippen LogP) is 12.3. The van der Waals surface area contributed by atoms with Gasteiger partial charge >= 0.3 is 0 Å². The number of fused-ring (bicyclic) bond motifs is 4. The van der Waals surface area contributed by atoms with Crippen LogP contribution in [0.1, 0.15) is 12.3 Å². The second-order valence-corrected chi connectivity index (χ2v) is 11.5. The summed E-state index contributed by atoms with van der Waals surface area (Å²) in [6.07, 6.45) is 0. The molecule has 2 heteroatoms. The smallest absolute Gasteiger partial charge is 0.160 e. The number of benzene rings is 8. The molecule has 0 aliphatic carbocycles. The van der Waals surface area contributed by atoms with E-state index < -0.39 is 59.9 Å². The molecule has 0 aliphatic heterocycles. The van der Waals surface area contributed by atoms with Gasteiger partial charge < -0.3 is 0 Å². The minimum absolute atomic E-state index is 0.104. The highest BCUT2D eigenvalue weighted by Crippen LogP contribution is 2.40. The monoisotopic (exact) mass is 619 g/mol. The fourth-order valence-electron chi connectivity index (χ4n) is 6.32. The van der Waals surface area contributed by atoms with E-state index in [0.29, 0.717) is 17.1 Å². The molecule has 48 heavy (non-hydrogen) atoms. The minimum Gasteiger partial charge on any atom is -0.228 e. The minimum atomic E-state index is -0.631. The van der Waals surface area contributed by atoms with Crippen LogP contribution in [0.25, 0.3) is 88.5 Å². The van der Waals surface area contributed by atoms with Gasteiger partial charge in [-0.3, -0.25) is 0 Å². The Morgan fingerprint density at radius 3 is 1.73 bits per heavy atom. The lowest BCUT2D eigenvalue weighted by Gasteiger charge is -2.15. The molecule has 0 saturated carbocycles. The van der Waals surface area contributed by atoms with Crippen LogP contribution in [0.15, 0.2) is 182 Å². The first-order valence-electron chi connectivity index (χ1n) is 20.1. The zero-order valence-electron chi connectivity index (χ0n) is 34.5. The molecule has 9 rings (SSSR count). The third-order valence-corrected chi connectivity index (χ3v) is 8.63. The molecule has 0 amide bonds. The average molecular weight is 620 g/mol. The Labute approximate surface area is 292 Å². The summed E-state index contributed by atoms with van der Waals surface area (Å²) in [6.45, 7) is 0. The Morgan fingerprint density at radius 2 is 0.958 bits per heavy atom. The highest BCUT2D eigenvalue weighted by molar-refractivity contribution is 6.20. The highest BCUT2D eigenvalue weighted by atomic mass is 14.9. The van der Waals surface area contributed by atoms with E-state index in [1.807, 2.05) is 60.7 Å². The Morgan fingerprint density at radius 1 is 0.354 bits per heavy atom. The van der Waals surface area contributed by atoms with E-state index in [2.05, 4.69) is 60.7 Å². The van der Waals surface area contributed by atoms with Crippen molar-refractivity contribution in [2.75, 3.05) is 0 Å². The number of aromatic nitrogens is 2. The van der Waals surface area contributed by atoms with Crippen molar-refractivity contribution in [2.45, 2.75) is 0 Å². The first-order valence-corrected chi connectivity index (χ1v) is 15.6. The number of hydrogen-bond acceptors (Lipinski definition) is 2. The van der Waals surface area contributed by atoms with Crippen LogP contribution in [0, 0.1) is 0 Å². The van der Waals surface area contributed by atoms with Crippen molar-refractivity contribution in [3.05, 3.63) is 182 Å². The van der Waals surface area contributed by atoms with E-state index >= 15 is 0 Å². The van der Waals surface area contributed by atoms with Gasteiger partial charge in [0, 0.05) is 16.7 Å². The molecule has 0 fully saturated rings. The largest absolute Gasteiger partial charge is 0.228 e. The van der Waals surface area contributed by atoms with Gasteiger partial charge in [0.2, 0.25) is 0 Å². The van der Waals surface area contributed by atoms with E-state index in [1.165, 1.54) is 10.8 Å². The Bertz CT molecular complexity index is 3050. The molecule has 9 aromatic rings. The molecule has 1 aromatic heterocycles. The standard InChI is InChI=1S/C46H30N2/c1-3-11-31(12-4-1)32-19-21-34(22-20-32)43-30-44(48-46(47-43)37-14-5-2-6-15-37)35-23-25-36(26-24-35)45-40-18-10-8-16-38(40)29-42-39-17-9-7-13-33(39)27-28-41(42)45/h1-30H/i1D,3D,4D,11D,12D,19D,20D,21D,22D. The summed E-state index contributed by atoms with van der Waals surface area (Å²) < 4.78 is 77.4. The van der Waals surface area contributed by atoms with Crippen LogP contribution in [0.4, 0.5) is 0 Å². The van der Waals surface area contributed by atoms with Crippen molar-refractivity contribution >= 4 is 32.3 Å². The molecule has 0 atom stereocenters. The predicted molar refractivity (Wildman–Crippen MR) is 202 cm³/mol. The Hall–Kier alpha value is -6.38. The molecule has 0 N–H and O–H groups in total. The van der Waals surface area contributed by atoms with Crippen molar-refractivity contribution in [3.63, 3.8) is 0 Å². The molecule has 2 nitrogen and oxygen atoms in total. The molecule has 0 spiro atoms. The quantitative estimate of drug-likeness (QED) is 0.141. The van der Waals surface area contributed by atoms with Crippen molar-refractivity contribution in [1.29, 1.82) is 0 Å². The highest BCUT2D eigenvalue weighted by Gasteiger charge is 2.14. The maximum Gasteiger partial charge on any atom is 0.160 e. The Balaban J connectivity index is 1.22. The van der Waals surface area contributed by atoms with E-state index in [4.69, 9.17) is 22.3 Å². The van der Waals surface area contributed by atoms with E-state index in [9.17, 15) is 0 Å². The third kappa shape index (κ3) is 5.01. The average Bonchev–Trinajstić information content (AvgIpc) is 3.25. The molecule has 8 aromatic carbocycles. The van der Waals surface area contributed by atoms with Gasteiger partial charge in [0.25, 0.3) is 0 Å². The lowest BCUT2D eigenvalue weighted by molar-refractivity contribution is 1.18. The fraction of sp³-hybridized carbons (Fsp3) is 0.